The molecule has 1 unspecified atom stereocenters. The summed E-state index contributed by atoms with van der Waals surface area (Å²) in [5.41, 5.74) is 7.67. The summed E-state index contributed by atoms with van der Waals surface area (Å²) in [4.78, 5) is 18.2. The number of nitrogens with zero attached hydrogens (tertiary/aromatic N) is 4. The number of thiazole rings is 1. The molecule has 1 spiro atoms. The van der Waals surface area contributed by atoms with Crippen LogP contribution in [0.3, 0.4) is 0 Å². The molecule has 1 aliphatic carbocycles. The van der Waals surface area contributed by atoms with Gasteiger partial charge in [-0.3, -0.25) is 0 Å². The van der Waals surface area contributed by atoms with Gasteiger partial charge in [-0.2, -0.15) is 4.99 Å². The molecule has 7 heteroatoms. The molecule has 1 atom stereocenters. The zero-order chi connectivity index (χ0) is 24.7. The van der Waals surface area contributed by atoms with E-state index in [1.165, 1.54) is 21.7 Å². The van der Waals surface area contributed by atoms with E-state index in [0.717, 1.165) is 67.9 Å². The van der Waals surface area contributed by atoms with E-state index in [9.17, 15) is 0 Å². The van der Waals surface area contributed by atoms with Crippen molar-refractivity contribution in [2.45, 2.75) is 57.5 Å². The summed E-state index contributed by atoms with van der Waals surface area (Å²) in [7, 11) is 1.71. The number of benzene rings is 2. The third kappa shape index (κ3) is 4.19. The first-order chi connectivity index (χ1) is 17.5. The Balaban J connectivity index is 1.11. The highest BCUT2D eigenvalue weighted by Crippen LogP contribution is 2.46. The molecule has 1 fully saturated rings. The minimum Gasteiger partial charge on any atom is -0.468 e. The number of hydrogen-bond donors (Lipinski definition) is 0. The van der Waals surface area contributed by atoms with Gasteiger partial charge in [0.05, 0.1) is 23.5 Å². The maximum Gasteiger partial charge on any atom is 0.292 e. The van der Waals surface area contributed by atoms with Gasteiger partial charge in [0.1, 0.15) is 5.71 Å². The topological polar surface area (TPSA) is 59.3 Å². The molecule has 186 valence electrons. The third-order valence-corrected chi connectivity index (χ3v) is 8.79. The molecule has 3 aliphatic rings. The second-order valence-electron chi connectivity index (χ2n) is 10.2. The minimum atomic E-state index is -0.299. The molecule has 1 saturated heterocycles. The summed E-state index contributed by atoms with van der Waals surface area (Å²) in [5, 5.41) is 7.88. The Morgan fingerprint density at radius 3 is 2.83 bits per heavy atom. The summed E-state index contributed by atoms with van der Waals surface area (Å²) in [6, 6.07) is 15.6. The Morgan fingerprint density at radius 1 is 1.17 bits per heavy atom. The number of rotatable bonds is 3. The number of fused-ring (bicyclic) bond motifs is 2. The van der Waals surface area contributed by atoms with E-state index in [1.807, 2.05) is 0 Å². The van der Waals surface area contributed by atoms with E-state index >= 15 is 0 Å². The molecule has 2 aromatic carbocycles. The first-order valence-corrected chi connectivity index (χ1v) is 13.7. The second-order valence-corrected chi connectivity index (χ2v) is 11.1. The van der Waals surface area contributed by atoms with Crippen LogP contribution in [0.1, 0.15) is 64.6 Å². The third-order valence-electron chi connectivity index (χ3n) is 7.79. The maximum absolute atomic E-state index is 6.09. The Labute approximate surface area is 216 Å². The highest BCUT2D eigenvalue weighted by Gasteiger charge is 2.46. The molecule has 2 aliphatic heterocycles. The molecule has 0 radical (unpaired) electrons. The van der Waals surface area contributed by atoms with Crippen LogP contribution in [0.4, 0.5) is 5.69 Å². The monoisotopic (exact) mass is 500 g/mol. The zero-order valence-electron chi connectivity index (χ0n) is 21.2. The molecule has 0 amide bonds. The van der Waals surface area contributed by atoms with E-state index < -0.39 is 0 Å². The molecular weight excluding hydrogens is 468 g/mol. The van der Waals surface area contributed by atoms with Crippen LogP contribution in [0.2, 0.25) is 0 Å². The van der Waals surface area contributed by atoms with Gasteiger partial charge in [-0.05, 0) is 62.3 Å². The van der Waals surface area contributed by atoms with Gasteiger partial charge in [-0.15, -0.1) is 11.3 Å². The van der Waals surface area contributed by atoms with Crippen molar-refractivity contribution in [1.29, 1.82) is 0 Å². The maximum atomic E-state index is 6.09. The van der Waals surface area contributed by atoms with E-state index in [0.29, 0.717) is 11.9 Å². The van der Waals surface area contributed by atoms with Crippen molar-refractivity contribution in [2.24, 2.45) is 10.1 Å². The number of aryl methyl sites for hydroxylation is 3. The average molecular weight is 501 g/mol. The lowest BCUT2D eigenvalue weighted by Gasteiger charge is -2.32. The number of oxime groups is 1. The highest BCUT2D eigenvalue weighted by atomic mass is 32.1. The van der Waals surface area contributed by atoms with E-state index in [1.54, 1.807) is 18.4 Å². The Kier molecular flexibility index (Phi) is 6.04. The lowest BCUT2D eigenvalue weighted by Crippen LogP contribution is -2.38. The Bertz CT molecular complexity index is 1340. The standard InChI is InChI=1S/C29H32N4O2S/c1-19-8-9-20(2)24(16-19)31-28(34-3)33-14-11-22(12-15-33)27-30-26(18-36-27)25-17-29(35-32-25)13-10-21-6-4-5-7-23(21)29/h4-9,16,18,22H,10-15,17H2,1-3H3/b31-28-. The van der Waals surface area contributed by atoms with Gasteiger partial charge in [0.15, 0.2) is 5.60 Å². The summed E-state index contributed by atoms with van der Waals surface area (Å²) >= 11 is 1.75. The van der Waals surface area contributed by atoms with Crippen LogP contribution in [-0.2, 0) is 21.6 Å². The molecule has 1 aromatic heterocycles. The molecule has 0 saturated carbocycles. The number of methoxy groups -OCH3 is 1. The molecular formula is C29H32N4O2S. The van der Waals surface area contributed by atoms with Gasteiger partial charge >= 0.3 is 0 Å². The first-order valence-electron chi connectivity index (χ1n) is 12.8. The number of hydrogen-bond acceptors (Lipinski definition) is 6. The van der Waals surface area contributed by atoms with Crippen molar-refractivity contribution < 1.29 is 9.57 Å². The molecule has 36 heavy (non-hydrogen) atoms. The molecule has 6 rings (SSSR count). The van der Waals surface area contributed by atoms with E-state index in [2.05, 4.69) is 71.7 Å². The van der Waals surface area contributed by atoms with Crippen LogP contribution in [0.5, 0.6) is 0 Å². The minimum absolute atomic E-state index is 0.299. The predicted molar refractivity (Wildman–Crippen MR) is 144 cm³/mol. The van der Waals surface area contributed by atoms with Crippen LogP contribution >= 0.6 is 11.3 Å². The summed E-state index contributed by atoms with van der Waals surface area (Å²) in [5.74, 6) is 0.447. The summed E-state index contributed by atoms with van der Waals surface area (Å²) < 4.78 is 5.71. The average Bonchev–Trinajstić information content (AvgIpc) is 3.65. The molecule has 0 bridgehead atoms. The van der Waals surface area contributed by atoms with Crippen molar-refractivity contribution in [3.05, 3.63) is 80.8 Å². The summed E-state index contributed by atoms with van der Waals surface area (Å²) in [6.07, 6.45) is 4.90. The number of piperidine rings is 1. The van der Waals surface area contributed by atoms with Crippen molar-refractivity contribution in [1.82, 2.24) is 9.88 Å². The number of likely N-dealkylation sites (tertiary alicyclic amines) is 1. The Morgan fingerprint density at radius 2 is 2.00 bits per heavy atom. The fraction of sp³-hybridized carbons (Fsp3) is 0.414. The van der Waals surface area contributed by atoms with Gasteiger partial charge < -0.3 is 14.5 Å². The van der Waals surface area contributed by atoms with Crippen molar-refractivity contribution in [3.63, 3.8) is 0 Å². The SMILES string of the molecule is CO/C(=N\c1cc(C)ccc1C)N1CCC(c2nc(C3=NOC4(CCc5ccccc54)C3)cs2)CC1. The van der Waals surface area contributed by atoms with Gasteiger partial charge in [0, 0.05) is 36.4 Å². The first kappa shape index (κ1) is 23.2. The smallest absolute Gasteiger partial charge is 0.292 e. The van der Waals surface area contributed by atoms with Crippen LogP contribution in [0.15, 0.2) is 58.0 Å². The number of aromatic nitrogens is 1. The number of ether oxygens (including phenoxy) is 1. The van der Waals surface area contributed by atoms with E-state index in [-0.39, 0.29) is 5.60 Å². The van der Waals surface area contributed by atoms with Gasteiger partial charge in [-0.1, -0.05) is 41.6 Å². The largest absolute Gasteiger partial charge is 0.468 e. The number of aliphatic imine (C=N–C) groups is 1. The fourth-order valence-corrected chi connectivity index (χ4v) is 6.66. The van der Waals surface area contributed by atoms with Gasteiger partial charge in [0.2, 0.25) is 0 Å². The van der Waals surface area contributed by atoms with Crippen LogP contribution in [0.25, 0.3) is 0 Å². The normalized spacial score (nSPS) is 22.0. The predicted octanol–water partition coefficient (Wildman–Crippen LogP) is 6.24. The van der Waals surface area contributed by atoms with Crippen LogP contribution < -0.4 is 0 Å². The Hall–Kier alpha value is -3.19. The lowest BCUT2D eigenvalue weighted by atomic mass is 9.90. The van der Waals surface area contributed by atoms with Gasteiger partial charge in [0.25, 0.3) is 6.02 Å². The molecule has 3 heterocycles. The van der Waals surface area contributed by atoms with Gasteiger partial charge in [-0.25, -0.2) is 4.98 Å². The number of amidine groups is 1. The van der Waals surface area contributed by atoms with Crippen LogP contribution in [0, 0.1) is 13.8 Å². The molecule has 3 aromatic rings. The highest BCUT2D eigenvalue weighted by molar-refractivity contribution is 7.10. The second kappa shape index (κ2) is 9.36. The van der Waals surface area contributed by atoms with Crippen molar-refractivity contribution in [2.75, 3.05) is 20.2 Å². The molecule has 6 nitrogen and oxygen atoms in total. The van der Waals surface area contributed by atoms with Crippen molar-refractivity contribution >= 4 is 28.8 Å². The van der Waals surface area contributed by atoms with Crippen LogP contribution in [-0.4, -0.2) is 41.8 Å². The summed E-state index contributed by atoms with van der Waals surface area (Å²) in [6.45, 7) is 5.99. The van der Waals surface area contributed by atoms with Crippen molar-refractivity contribution in [3.8, 4) is 0 Å². The lowest BCUT2D eigenvalue weighted by molar-refractivity contribution is -0.0215. The molecule has 0 N–H and O–H groups in total. The fourth-order valence-electron chi connectivity index (χ4n) is 5.66. The van der Waals surface area contributed by atoms with E-state index in [4.69, 9.17) is 19.6 Å². The quantitative estimate of drug-likeness (QED) is 0.316. The zero-order valence-corrected chi connectivity index (χ0v) is 22.0.